The Hall–Kier alpha value is -2.96. The number of nitrogens with zero attached hydrogens (tertiary/aromatic N) is 3. The molecule has 1 aliphatic rings. The van der Waals surface area contributed by atoms with Crippen molar-refractivity contribution in [3.8, 4) is 5.75 Å². The van der Waals surface area contributed by atoms with Crippen molar-refractivity contribution in [1.82, 2.24) is 15.1 Å². The number of hydrogen-bond donors (Lipinski definition) is 1. The van der Waals surface area contributed by atoms with Crippen molar-refractivity contribution < 1.29 is 13.9 Å². The third-order valence-corrected chi connectivity index (χ3v) is 4.98. The number of amides is 1. The van der Waals surface area contributed by atoms with E-state index in [1.807, 2.05) is 17.0 Å². The Bertz CT molecular complexity index is 779. The minimum absolute atomic E-state index is 0.0453. The molecule has 0 saturated carbocycles. The molecule has 7 nitrogen and oxygen atoms in total. The van der Waals surface area contributed by atoms with E-state index in [9.17, 15) is 4.79 Å². The maximum Gasteiger partial charge on any atom is 0.289 e. The molecule has 1 saturated heterocycles. The van der Waals surface area contributed by atoms with E-state index >= 15 is 0 Å². The molecule has 2 aromatic rings. The summed E-state index contributed by atoms with van der Waals surface area (Å²) in [5.74, 6) is 2.16. The van der Waals surface area contributed by atoms with E-state index < -0.39 is 0 Å². The SMILES string of the molecule is CCNC(=NCCCc1ccc(OC)cc1)N1CCN(C(=O)c2ccco2)CC1. The van der Waals surface area contributed by atoms with Gasteiger partial charge < -0.3 is 24.3 Å². The van der Waals surface area contributed by atoms with Crippen LogP contribution in [-0.4, -0.2) is 68.0 Å². The molecule has 156 valence electrons. The number of benzene rings is 1. The summed E-state index contributed by atoms with van der Waals surface area (Å²) in [6.07, 6.45) is 3.50. The van der Waals surface area contributed by atoms with E-state index in [2.05, 4.69) is 29.3 Å². The van der Waals surface area contributed by atoms with E-state index in [1.54, 1.807) is 19.2 Å². The second-order valence-corrected chi connectivity index (χ2v) is 6.94. The first-order chi connectivity index (χ1) is 14.2. The molecular formula is C22H30N4O3. The fraction of sp³-hybridized carbons (Fsp3) is 0.455. The third kappa shape index (κ3) is 5.76. The molecule has 7 heteroatoms. The van der Waals surface area contributed by atoms with Crippen molar-refractivity contribution >= 4 is 11.9 Å². The van der Waals surface area contributed by atoms with Crippen LogP contribution < -0.4 is 10.1 Å². The number of rotatable bonds is 7. The zero-order valence-electron chi connectivity index (χ0n) is 17.3. The lowest BCUT2D eigenvalue weighted by Crippen LogP contribution is -2.53. The van der Waals surface area contributed by atoms with Crippen LogP contribution in [0.2, 0.25) is 0 Å². The monoisotopic (exact) mass is 398 g/mol. The van der Waals surface area contributed by atoms with Crippen LogP contribution >= 0.6 is 0 Å². The molecule has 0 spiro atoms. The fourth-order valence-electron chi connectivity index (χ4n) is 3.36. The van der Waals surface area contributed by atoms with Gasteiger partial charge in [0.2, 0.25) is 0 Å². The first-order valence-corrected chi connectivity index (χ1v) is 10.2. The highest BCUT2D eigenvalue weighted by Crippen LogP contribution is 2.13. The molecule has 1 amide bonds. The van der Waals surface area contributed by atoms with Gasteiger partial charge in [-0.05, 0) is 49.6 Å². The van der Waals surface area contributed by atoms with Gasteiger partial charge in [0.05, 0.1) is 13.4 Å². The highest BCUT2D eigenvalue weighted by atomic mass is 16.5. The smallest absolute Gasteiger partial charge is 0.289 e. The number of furan rings is 1. The second-order valence-electron chi connectivity index (χ2n) is 6.94. The first kappa shape index (κ1) is 20.8. The van der Waals surface area contributed by atoms with Crippen LogP contribution in [0.4, 0.5) is 0 Å². The molecule has 1 N–H and O–H groups in total. The summed E-state index contributed by atoms with van der Waals surface area (Å²) >= 11 is 0. The summed E-state index contributed by atoms with van der Waals surface area (Å²) in [6.45, 7) is 6.51. The zero-order valence-corrected chi connectivity index (χ0v) is 17.3. The summed E-state index contributed by atoms with van der Waals surface area (Å²) in [5, 5.41) is 3.38. The summed E-state index contributed by atoms with van der Waals surface area (Å²) in [7, 11) is 1.68. The van der Waals surface area contributed by atoms with E-state index in [4.69, 9.17) is 14.1 Å². The largest absolute Gasteiger partial charge is 0.497 e. The molecule has 0 unspecified atom stereocenters. The lowest BCUT2D eigenvalue weighted by Gasteiger charge is -2.36. The van der Waals surface area contributed by atoms with Gasteiger partial charge in [0, 0.05) is 39.3 Å². The number of aryl methyl sites for hydroxylation is 1. The van der Waals surface area contributed by atoms with E-state index in [1.165, 1.54) is 11.8 Å². The summed E-state index contributed by atoms with van der Waals surface area (Å²) in [5.41, 5.74) is 1.29. The topological polar surface area (TPSA) is 70.3 Å². The van der Waals surface area contributed by atoms with Crippen molar-refractivity contribution in [2.45, 2.75) is 19.8 Å². The third-order valence-electron chi connectivity index (χ3n) is 4.98. The van der Waals surface area contributed by atoms with Crippen molar-refractivity contribution in [2.24, 2.45) is 4.99 Å². The van der Waals surface area contributed by atoms with Gasteiger partial charge in [-0.3, -0.25) is 9.79 Å². The predicted molar refractivity (Wildman–Crippen MR) is 113 cm³/mol. The number of aliphatic imine (C=N–C) groups is 1. The number of methoxy groups -OCH3 is 1. The highest BCUT2D eigenvalue weighted by molar-refractivity contribution is 5.91. The van der Waals surface area contributed by atoms with Crippen LogP contribution in [0.1, 0.15) is 29.5 Å². The van der Waals surface area contributed by atoms with Gasteiger partial charge in [0.25, 0.3) is 5.91 Å². The van der Waals surface area contributed by atoms with E-state index in [0.717, 1.165) is 50.7 Å². The maximum absolute atomic E-state index is 12.4. The number of guanidine groups is 1. The summed E-state index contributed by atoms with van der Waals surface area (Å²) < 4.78 is 10.4. The van der Waals surface area contributed by atoms with Gasteiger partial charge in [-0.1, -0.05) is 12.1 Å². The molecule has 1 fully saturated rings. The Kier molecular flexibility index (Phi) is 7.55. The Labute approximate surface area is 172 Å². The van der Waals surface area contributed by atoms with Crippen molar-refractivity contribution in [3.05, 3.63) is 54.0 Å². The Morgan fingerprint density at radius 1 is 1.14 bits per heavy atom. The van der Waals surface area contributed by atoms with Crippen molar-refractivity contribution in [1.29, 1.82) is 0 Å². The summed E-state index contributed by atoms with van der Waals surface area (Å²) in [6, 6.07) is 11.6. The molecule has 1 aromatic heterocycles. The minimum Gasteiger partial charge on any atom is -0.497 e. The molecule has 3 rings (SSSR count). The normalized spacial score (nSPS) is 14.8. The number of nitrogens with one attached hydrogen (secondary N) is 1. The maximum atomic E-state index is 12.4. The van der Waals surface area contributed by atoms with Crippen LogP contribution in [-0.2, 0) is 6.42 Å². The Morgan fingerprint density at radius 2 is 1.86 bits per heavy atom. The van der Waals surface area contributed by atoms with Crippen molar-refractivity contribution in [3.63, 3.8) is 0 Å². The molecule has 0 atom stereocenters. The minimum atomic E-state index is -0.0453. The highest BCUT2D eigenvalue weighted by Gasteiger charge is 2.25. The number of piperazine rings is 1. The molecule has 0 aliphatic carbocycles. The number of carbonyl (C=O) groups excluding carboxylic acids is 1. The molecule has 0 bridgehead atoms. The van der Waals surface area contributed by atoms with Crippen molar-refractivity contribution in [2.75, 3.05) is 46.4 Å². The lowest BCUT2D eigenvalue weighted by molar-refractivity contribution is 0.0657. The standard InChI is InChI=1S/C22H30N4O3/c1-3-23-22(24-12-4-6-18-8-10-19(28-2)11-9-18)26-15-13-25(14-16-26)21(27)20-7-5-17-29-20/h5,7-11,17H,3-4,6,12-16H2,1-2H3,(H,23,24). The van der Waals surface area contributed by atoms with Crippen LogP contribution in [0.15, 0.2) is 52.1 Å². The van der Waals surface area contributed by atoms with Gasteiger partial charge in [-0.25, -0.2) is 0 Å². The number of ether oxygens (including phenoxy) is 1. The van der Waals surface area contributed by atoms with Crippen LogP contribution in [0.5, 0.6) is 5.75 Å². The van der Waals surface area contributed by atoms with Gasteiger partial charge in [-0.15, -0.1) is 0 Å². The number of hydrogen-bond acceptors (Lipinski definition) is 4. The quantitative estimate of drug-likeness (QED) is 0.441. The Morgan fingerprint density at radius 3 is 2.48 bits per heavy atom. The predicted octanol–water partition coefficient (Wildman–Crippen LogP) is 2.64. The van der Waals surface area contributed by atoms with Crippen LogP contribution in [0.3, 0.4) is 0 Å². The van der Waals surface area contributed by atoms with E-state index in [0.29, 0.717) is 18.8 Å². The molecular weight excluding hydrogens is 368 g/mol. The van der Waals surface area contributed by atoms with Gasteiger partial charge in [0.1, 0.15) is 5.75 Å². The average Bonchev–Trinajstić information content (AvgIpc) is 3.31. The molecule has 0 radical (unpaired) electrons. The van der Waals surface area contributed by atoms with Gasteiger partial charge >= 0.3 is 0 Å². The lowest BCUT2D eigenvalue weighted by atomic mass is 10.1. The number of carbonyl (C=O) groups is 1. The fourth-order valence-corrected chi connectivity index (χ4v) is 3.36. The molecule has 1 aromatic carbocycles. The zero-order chi connectivity index (χ0) is 20.5. The Balaban J connectivity index is 1.48. The molecule has 29 heavy (non-hydrogen) atoms. The van der Waals surface area contributed by atoms with Crippen LogP contribution in [0.25, 0.3) is 0 Å². The first-order valence-electron chi connectivity index (χ1n) is 10.2. The van der Waals surface area contributed by atoms with Crippen LogP contribution in [0, 0.1) is 0 Å². The second kappa shape index (κ2) is 10.5. The van der Waals surface area contributed by atoms with E-state index in [-0.39, 0.29) is 5.91 Å². The van der Waals surface area contributed by atoms with Gasteiger partial charge in [0.15, 0.2) is 11.7 Å². The molecule has 2 heterocycles. The molecule has 1 aliphatic heterocycles. The van der Waals surface area contributed by atoms with Gasteiger partial charge in [-0.2, -0.15) is 0 Å². The average molecular weight is 399 g/mol. The summed E-state index contributed by atoms with van der Waals surface area (Å²) in [4.78, 5) is 21.3.